The van der Waals surface area contributed by atoms with Crippen LogP contribution < -0.4 is 0 Å². The van der Waals surface area contributed by atoms with Gasteiger partial charge in [0.2, 0.25) is 0 Å². The van der Waals surface area contributed by atoms with Gasteiger partial charge in [-0.25, -0.2) is 9.97 Å². The molecule has 3 aliphatic rings. The van der Waals surface area contributed by atoms with Crippen molar-refractivity contribution in [1.82, 2.24) is 19.1 Å². The topological polar surface area (TPSA) is 35.6 Å². The van der Waals surface area contributed by atoms with E-state index in [-0.39, 0.29) is 0 Å². The number of benzene rings is 10. The minimum absolute atomic E-state index is 0.698. The van der Waals surface area contributed by atoms with Crippen LogP contribution in [-0.4, -0.2) is 19.1 Å². The van der Waals surface area contributed by atoms with Gasteiger partial charge in [0.05, 0.1) is 55.7 Å². The third-order valence-electron chi connectivity index (χ3n) is 16.0. The zero-order valence-electron chi connectivity index (χ0n) is 37.9. The molecule has 2 unspecified atom stereocenters. The van der Waals surface area contributed by atoms with E-state index in [1.807, 2.05) is 6.07 Å². The summed E-state index contributed by atoms with van der Waals surface area (Å²) in [4.78, 5) is 10.7. The van der Waals surface area contributed by atoms with Crippen LogP contribution in [0, 0.1) is 0 Å². The fourth-order valence-electron chi connectivity index (χ4n) is 13.4. The van der Waals surface area contributed by atoms with Crippen molar-refractivity contribution in [3.05, 3.63) is 287 Å². The molecule has 2 spiro atoms. The lowest BCUT2D eigenvalue weighted by molar-refractivity contribution is 0.606. The number of rotatable bonds is 3. The zero-order valence-corrected chi connectivity index (χ0v) is 37.9. The summed E-state index contributed by atoms with van der Waals surface area (Å²) in [7, 11) is 0. The van der Waals surface area contributed by atoms with Gasteiger partial charge in [-0.2, -0.15) is 0 Å². The molecule has 2 aliphatic heterocycles. The molecule has 3 aromatic heterocycles. The highest BCUT2D eigenvalue weighted by molar-refractivity contribution is 6.14. The Morgan fingerprint density at radius 1 is 0.271 bits per heavy atom. The van der Waals surface area contributed by atoms with Crippen LogP contribution in [-0.2, 0) is 10.8 Å². The summed E-state index contributed by atoms with van der Waals surface area (Å²) < 4.78 is 5.07. The van der Waals surface area contributed by atoms with Gasteiger partial charge < -0.3 is 9.13 Å². The molecule has 13 aromatic rings. The summed E-state index contributed by atoms with van der Waals surface area (Å²) in [5.74, 6) is 0.698. The number of aromatic nitrogens is 4. The number of para-hydroxylation sites is 6. The first-order valence-electron chi connectivity index (χ1n) is 24.2. The molecule has 0 saturated heterocycles. The van der Waals surface area contributed by atoms with Crippen molar-refractivity contribution >= 4 is 43.6 Å². The number of nitrogens with zero attached hydrogens (tertiary/aromatic N) is 4. The monoisotopic (exact) mass is 888 g/mol. The first-order valence-corrected chi connectivity index (χ1v) is 24.2. The van der Waals surface area contributed by atoms with E-state index in [1.54, 1.807) is 0 Å². The predicted octanol–water partition coefficient (Wildman–Crippen LogP) is 15.4. The maximum Gasteiger partial charge on any atom is 0.160 e. The maximum absolute atomic E-state index is 5.48. The van der Waals surface area contributed by atoms with Gasteiger partial charge in [-0.15, -0.1) is 0 Å². The predicted molar refractivity (Wildman–Crippen MR) is 284 cm³/mol. The SMILES string of the molecule is c1ccc(-c2cc(-c3ccc4c(c3)C3(c5ccccc5-n5c6ccccc6c6cccc3c65)c3ccccc3C43c4ccccc4-n4c5ccccc5c5cccc3c54)nc(-c3ccccc3)n2)cc1. The molecule has 4 heteroatoms. The Hall–Kier alpha value is -9.12. The van der Waals surface area contributed by atoms with Crippen LogP contribution in [0.25, 0.3) is 88.9 Å². The van der Waals surface area contributed by atoms with E-state index in [2.05, 4.69) is 246 Å². The van der Waals surface area contributed by atoms with Crippen LogP contribution in [0.4, 0.5) is 0 Å². The molecule has 0 bridgehead atoms. The fourth-order valence-corrected chi connectivity index (χ4v) is 13.4. The Morgan fingerprint density at radius 2 is 0.686 bits per heavy atom. The highest BCUT2D eigenvalue weighted by Crippen LogP contribution is 2.66. The van der Waals surface area contributed by atoms with Crippen molar-refractivity contribution in [1.29, 1.82) is 0 Å². The van der Waals surface area contributed by atoms with E-state index in [0.29, 0.717) is 5.82 Å². The van der Waals surface area contributed by atoms with Crippen LogP contribution in [0.15, 0.2) is 243 Å². The van der Waals surface area contributed by atoms with E-state index in [4.69, 9.17) is 9.97 Å². The molecule has 2 atom stereocenters. The van der Waals surface area contributed by atoms with E-state index >= 15 is 0 Å². The van der Waals surface area contributed by atoms with Crippen LogP contribution >= 0.6 is 0 Å². The molecule has 0 fully saturated rings. The maximum atomic E-state index is 5.48. The van der Waals surface area contributed by atoms with E-state index < -0.39 is 10.8 Å². The Morgan fingerprint density at radius 3 is 1.26 bits per heavy atom. The van der Waals surface area contributed by atoms with Gasteiger partial charge in [-0.3, -0.25) is 0 Å². The van der Waals surface area contributed by atoms with Gasteiger partial charge in [-0.05, 0) is 80.9 Å². The smallest absolute Gasteiger partial charge is 0.160 e. The molecule has 0 saturated carbocycles. The molecule has 10 aromatic carbocycles. The normalized spacial score (nSPS) is 17.0. The molecule has 1 aliphatic carbocycles. The van der Waals surface area contributed by atoms with Crippen molar-refractivity contribution < 1.29 is 0 Å². The van der Waals surface area contributed by atoms with Crippen molar-refractivity contribution in [3.63, 3.8) is 0 Å². The Bertz CT molecular complexity index is 4310. The summed E-state index contributed by atoms with van der Waals surface area (Å²) in [5, 5.41) is 5.03. The van der Waals surface area contributed by atoms with E-state index in [1.165, 1.54) is 99.5 Å². The largest absolute Gasteiger partial charge is 0.309 e. The summed E-state index contributed by atoms with van der Waals surface area (Å²) in [5.41, 5.74) is 20.9. The van der Waals surface area contributed by atoms with Gasteiger partial charge in [0.15, 0.2) is 5.82 Å². The highest BCUT2D eigenvalue weighted by atomic mass is 15.0. The van der Waals surface area contributed by atoms with Gasteiger partial charge in [-0.1, -0.05) is 206 Å². The molecule has 0 N–H and O–H groups in total. The van der Waals surface area contributed by atoms with Crippen molar-refractivity contribution in [2.24, 2.45) is 0 Å². The van der Waals surface area contributed by atoms with Crippen LogP contribution in [0.2, 0.25) is 0 Å². The van der Waals surface area contributed by atoms with Gasteiger partial charge >= 0.3 is 0 Å². The van der Waals surface area contributed by atoms with Gasteiger partial charge in [0.25, 0.3) is 0 Å². The van der Waals surface area contributed by atoms with E-state index in [9.17, 15) is 0 Å². The third-order valence-corrected chi connectivity index (χ3v) is 16.0. The van der Waals surface area contributed by atoms with Crippen LogP contribution in [0.5, 0.6) is 0 Å². The molecule has 4 nitrogen and oxygen atoms in total. The van der Waals surface area contributed by atoms with Crippen LogP contribution in [0.3, 0.4) is 0 Å². The lowest BCUT2D eigenvalue weighted by Gasteiger charge is -2.53. The van der Waals surface area contributed by atoms with Crippen LogP contribution in [0.1, 0.15) is 44.5 Å². The average molecular weight is 889 g/mol. The molecule has 16 rings (SSSR count). The standard InChI is InChI=1S/C66H40N4/c1-3-19-41(20-4-1)56-40-57(68-64(67-56)42-21-5-2-6-22-42)43-37-38-50-55(39-43)66(52-30-12-16-36-61(52)70-59-34-14-8-24-45(59)47-26-18-32-54(66)63(47)70)49-28-10-9-27-48(49)65(50)51-29-11-15-35-60(51)69-58-33-13-7-23-44(58)46-25-17-31-53(65)62(46)69/h1-40H. The Kier molecular flexibility index (Phi) is 7.45. The van der Waals surface area contributed by atoms with Gasteiger partial charge in [0, 0.05) is 38.2 Å². The molecule has 0 radical (unpaired) electrons. The Labute approximate surface area is 404 Å². The average Bonchev–Trinajstić information content (AvgIpc) is 3.97. The van der Waals surface area contributed by atoms with Crippen molar-refractivity contribution in [2.75, 3.05) is 0 Å². The van der Waals surface area contributed by atoms with Crippen molar-refractivity contribution in [2.45, 2.75) is 10.8 Å². The molecule has 5 heterocycles. The molecular formula is C66H40N4. The lowest BCUT2D eigenvalue weighted by Crippen LogP contribution is -2.48. The minimum Gasteiger partial charge on any atom is -0.309 e. The number of hydrogen-bond donors (Lipinski definition) is 0. The molecule has 0 amide bonds. The highest BCUT2D eigenvalue weighted by Gasteiger charge is 2.58. The first kappa shape index (κ1) is 37.9. The quantitative estimate of drug-likeness (QED) is 0.177. The lowest BCUT2D eigenvalue weighted by atomic mass is 9.49. The second kappa shape index (κ2) is 13.7. The van der Waals surface area contributed by atoms with E-state index in [0.717, 1.165) is 28.1 Å². The fraction of sp³-hybridized carbons (Fsp3) is 0.0303. The molecule has 70 heavy (non-hydrogen) atoms. The molecular weight excluding hydrogens is 849 g/mol. The summed E-state index contributed by atoms with van der Waals surface area (Å²) in [6, 6.07) is 90.1. The van der Waals surface area contributed by atoms with Gasteiger partial charge in [0.1, 0.15) is 0 Å². The zero-order chi connectivity index (χ0) is 45.7. The number of fused-ring (bicyclic) bond motifs is 20. The summed E-state index contributed by atoms with van der Waals surface area (Å²) in [6.45, 7) is 0. The summed E-state index contributed by atoms with van der Waals surface area (Å²) >= 11 is 0. The minimum atomic E-state index is -0.752. The summed E-state index contributed by atoms with van der Waals surface area (Å²) in [6.07, 6.45) is 0. The van der Waals surface area contributed by atoms with Crippen molar-refractivity contribution in [3.8, 4) is 45.3 Å². The number of hydrogen-bond acceptors (Lipinski definition) is 2. The molecule has 324 valence electrons. The second-order valence-electron chi connectivity index (χ2n) is 19.1. The second-order valence-corrected chi connectivity index (χ2v) is 19.1. The Balaban J connectivity index is 1.11. The third kappa shape index (κ3) is 4.61. The first-order chi connectivity index (χ1) is 34.7.